The van der Waals surface area contributed by atoms with E-state index in [1.807, 2.05) is 24.0 Å². The number of nitriles is 1. The Morgan fingerprint density at radius 2 is 2.25 bits per heavy atom. The lowest BCUT2D eigenvalue weighted by atomic mass is 9.97. The second-order valence-corrected chi connectivity index (χ2v) is 5.41. The third-order valence-corrected chi connectivity index (χ3v) is 4.08. The molecular weight excluding hydrogens is 250 g/mol. The van der Waals surface area contributed by atoms with Crippen molar-refractivity contribution in [3.8, 4) is 6.07 Å². The second-order valence-electron chi connectivity index (χ2n) is 5.41. The number of aromatic nitrogens is 1. The third kappa shape index (κ3) is 2.16. The fourth-order valence-electron chi connectivity index (χ4n) is 2.89. The van der Waals surface area contributed by atoms with Gasteiger partial charge in [0.2, 0.25) is 5.91 Å². The van der Waals surface area contributed by atoms with E-state index in [1.165, 1.54) is 10.9 Å². The number of likely N-dealkylation sites (tertiary alicyclic amines) is 1. The zero-order valence-electron chi connectivity index (χ0n) is 11.5. The van der Waals surface area contributed by atoms with E-state index in [-0.39, 0.29) is 11.8 Å². The highest BCUT2D eigenvalue weighted by molar-refractivity contribution is 5.85. The Morgan fingerprint density at radius 3 is 3.00 bits per heavy atom. The fourth-order valence-corrected chi connectivity index (χ4v) is 2.89. The minimum Gasteiger partial charge on any atom is -0.358 e. The molecule has 0 spiro atoms. The largest absolute Gasteiger partial charge is 0.358 e. The number of carbonyl (C=O) groups is 1. The summed E-state index contributed by atoms with van der Waals surface area (Å²) in [4.78, 5) is 17.3. The number of aryl methyl sites for hydroxylation is 1. The van der Waals surface area contributed by atoms with Gasteiger partial charge in [-0.3, -0.25) is 4.79 Å². The van der Waals surface area contributed by atoms with E-state index in [4.69, 9.17) is 5.26 Å². The molecule has 1 saturated heterocycles. The maximum atomic E-state index is 12.1. The summed E-state index contributed by atoms with van der Waals surface area (Å²) in [5.41, 5.74) is 3.41. The Bertz CT molecular complexity index is 695. The number of H-pyrrole nitrogens is 1. The van der Waals surface area contributed by atoms with E-state index in [1.54, 1.807) is 0 Å². The normalized spacial score (nSPS) is 19.3. The molecule has 20 heavy (non-hydrogen) atoms. The average Bonchev–Trinajstić information content (AvgIpc) is 2.77. The molecule has 1 unspecified atom stereocenters. The number of hydrogen-bond donors (Lipinski definition) is 1. The zero-order chi connectivity index (χ0) is 14.1. The molecular formula is C16H17N3O. The number of benzene rings is 1. The number of hydrogen-bond acceptors (Lipinski definition) is 2. The number of piperidine rings is 1. The molecule has 1 aromatic carbocycles. The van der Waals surface area contributed by atoms with Crippen LogP contribution in [0, 0.1) is 24.2 Å². The molecule has 2 aromatic rings. The molecule has 102 valence electrons. The minimum absolute atomic E-state index is 0.0903. The van der Waals surface area contributed by atoms with Crippen LogP contribution in [-0.4, -0.2) is 22.3 Å². The lowest BCUT2D eigenvalue weighted by Crippen LogP contribution is -2.38. The minimum atomic E-state index is -0.109. The smallest absolute Gasteiger partial charge is 0.224 e. The van der Waals surface area contributed by atoms with E-state index in [0.29, 0.717) is 19.5 Å². The van der Waals surface area contributed by atoms with Gasteiger partial charge in [0.25, 0.3) is 0 Å². The van der Waals surface area contributed by atoms with Gasteiger partial charge in [0.15, 0.2) is 0 Å². The summed E-state index contributed by atoms with van der Waals surface area (Å²) in [6.07, 6.45) is 1.14. The van der Waals surface area contributed by atoms with Crippen LogP contribution in [0.3, 0.4) is 0 Å². The highest BCUT2D eigenvalue weighted by Crippen LogP contribution is 2.26. The number of amides is 1. The average molecular weight is 267 g/mol. The van der Waals surface area contributed by atoms with Crippen molar-refractivity contribution < 1.29 is 4.79 Å². The van der Waals surface area contributed by atoms with Gasteiger partial charge in [-0.1, -0.05) is 18.2 Å². The van der Waals surface area contributed by atoms with Crippen LogP contribution in [0.15, 0.2) is 24.3 Å². The van der Waals surface area contributed by atoms with Gasteiger partial charge in [-0.15, -0.1) is 0 Å². The van der Waals surface area contributed by atoms with E-state index in [0.717, 1.165) is 17.6 Å². The molecule has 0 radical (unpaired) electrons. The molecule has 1 amide bonds. The van der Waals surface area contributed by atoms with Gasteiger partial charge in [-0.05, 0) is 25.0 Å². The van der Waals surface area contributed by atoms with Crippen LogP contribution in [-0.2, 0) is 11.3 Å². The summed E-state index contributed by atoms with van der Waals surface area (Å²) in [5.74, 6) is -0.0182. The van der Waals surface area contributed by atoms with Crippen molar-refractivity contribution >= 4 is 16.8 Å². The summed E-state index contributed by atoms with van der Waals surface area (Å²) >= 11 is 0. The molecule has 0 saturated carbocycles. The van der Waals surface area contributed by atoms with E-state index in [2.05, 4.69) is 23.2 Å². The first-order valence-electron chi connectivity index (χ1n) is 6.92. The molecule has 4 heteroatoms. The second kappa shape index (κ2) is 5.01. The first kappa shape index (κ1) is 12.7. The highest BCUT2D eigenvalue weighted by atomic mass is 16.2. The van der Waals surface area contributed by atoms with Crippen LogP contribution < -0.4 is 0 Å². The van der Waals surface area contributed by atoms with Gasteiger partial charge < -0.3 is 9.88 Å². The van der Waals surface area contributed by atoms with Crippen LogP contribution in [0.1, 0.15) is 24.1 Å². The fraction of sp³-hybridized carbons (Fsp3) is 0.375. The Hall–Kier alpha value is -2.28. The SMILES string of the molecule is Cc1[nH]c2ccccc2c1CN1CCC(C#N)CC1=O. The molecule has 1 atom stereocenters. The summed E-state index contributed by atoms with van der Waals surface area (Å²) in [7, 11) is 0. The van der Waals surface area contributed by atoms with Gasteiger partial charge in [-0.2, -0.15) is 5.26 Å². The number of fused-ring (bicyclic) bond motifs is 1. The summed E-state index contributed by atoms with van der Waals surface area (Å²) in [6, 6.07) is 10.4. The maximum absolute atomic E-state index is 12.1. The first-order chi connectivity index (χ1) is 9.69. The standard InChI is InChI=1S/C16H17N3O/c1-11-14(13-4-2-3-5-15(13)18-11)10-19-7-6-12(9-17)8-16(19)20/h2-5,12,18H,6-8,10H2,1H3. The summed E-state index contributed by atoms with van der Waals surface area (Å²) < 4.78 is 0. The van der Waals surface area contributed by atoms with E-state index < -0.39 is 0 Å². The number of aromatic amines is 1. The molecule has 1 aliphatic rings. The van der Waals surface area contributed by atoms with Crippen molar-refractivity contribution in [2.45, 2.75) is 26.3 Å². The Kier molecular flexibility index (Phi) is 3.19. The number of nitrogens with zero attached hydrogens (tertiary/aromatic N) is 2. The van der Waals surface area contributed by atoms with Gasteiger partial charge in [0.05, 0.1) is 12.0 Å². The van der Waals surface area contributed by atoms with Crippen LogP contribution in [0.4, 0.5) is 0 Å². The Labute approximate surface area is 118 Å². The van der Waals surface area contributed by atoms with Crippen molar-refractivity contribution in [2.75, 3.05) is 6.54 Å². The van der Waals surface area contributed by atoms with E-state index >= 15 is 0 Å². The topological polar surface area (TPSA) is 59.9 Å². The first-order valence-corrected chi connectivity index (χ1v) is 6.92. The van der Waals surface area contributed by atoms with Crippen molar-refractivity contribution in [1.82, 2.24) is 9.88 Å². The highest BCUT2D eigenvalue weighted by Gasteiger charge is 2.26. The predicted molar refractivity (Wildman–Crippen MR) is 76.8 cm³/mol. The van der Waals surface area contributed by atoms with Gasteiger partial charge in [0.1, 0.15) is 0 Å². The molecule has 3 rings (SSSR count). The molecule has 1 fully saturated rings. The van der Waals surface area contributed by atoms with Crippen LogP contribution >= 0.6 is 0 Å². The summed E-state index contributed by atoms with van der Waals surface area (Å²) in [6.45, 7) is 3.35. The van der Waals surface area contributed by atoms with Crippen molar-refractivity contribution in [3.05, 3.63) is 35.5 Å². The van der Waals surface area contributed by atoms with Crippen molar-refractivity contribution in [1.29, 1.82) is 5.26 Å². The van der Waals surface area contributed by atoms with Gasteiger partial charge in [0, 0.05) is 36.1 Å². The van der Waals surface area contributed by atoms with Crippen molar-refractivity contribution in [2.24, 2.45) is 5.92 Å². The van der Waals surface area contributed by atoms with Crippen LogP contribution in [0.25, 0.3) is 10.9 Å². The Morgan fingerprint density at radius 1 is 1.45 bits per heavy atom. The quantitative estimate of drug-likeness (QED) is 0.909. The number of para-hydroxylation sites is 1. The molecule has 2 heterocycles. The third-order valence-electron chi connectivity index (χ3n) is 4.08. The molecule has 1 N–H and O–H groups in total. The van der Waals surface area contributed by atoms with Gasteiger partial charge >= 0.3 is 0 Å². The number of carbonyl (C=O) groups excluding carboxylic acids is 1. The number of nitrogens with one attached hydrogen (secondary N) is 1. The predicted octanol–water partition coefficient (Wildman–Crippen LogP) is 2.74. The van der Waals surface area contributed by atoms with Crippen molar-refractivity contribution in [3.63, 3.8) is 0 Å². The summed E-state index contributed by atoms with van der Waals surface area (Å²) in [5, 5.41) is 10.1. The zero-order valence-corrected chi connectivity index (χ0v) is 11.5. The van der Waals surface area contributed by atoms with Crippen LogP contribution in [0.5, 0.6) is 0 Å². The van der Waals surface area contributed by atoms with E-state index in [9.17, 15) is 4.79 Å². The lowest BCUT2D eigenvalue weighted by molar-refractivity contribution is -0.134. The Balaban J connectivity index is 1.85. The monoisotopic (exact) mass is 267 g/mol. The molecule has 0 aliphatic carbocycles. The maximum Gasteiger partial charge on any atom is 0.224 e. The molecule has 4 nitrogen and oxygen atoms in total. The van der Waals surface area contributed by atoms with Crippen LogP contribution in [0.2, 0.25) is 0 Å². The van der Waals surface area contributed by atoms with Gasteiger partial charge in [-0.25, -0.2) is 0 Å². The molecule has 0 bridgehead atoms. The molecule has 1 aromatic heterocycles. The number of rotatable bonds is 2. The molecule has 1 aliphatic heterocycles. The lowest BCUT2D eigenvalue weighted by Gasteiger charge is -2.29.